The normalized spacial score (nSPS) is 14.8. The van der Waals surface area contributed by atoms with Gasteiger partial charge in [-0.1, -0.05) is 11.8 Å². The van der Waals surface area contributed by atoms with E-state index in [1.165, 1.54) is 11.8 Å². The van der Waals surface area contributed by atoms with Crippen LogP contribution < -0.4 is 5.32 Å². The number of rotatable bonds is 6. The highest BCUT2D eigenvalue weighted by Crippen LogP contribution is 2.18. The minimum absolute atomic E-state index is 0.488. The number of hydrogen-bond donors (Lipinski definition) is 3. The average Bonchev–Trinajstić information content (AvgIpc) is 2.35. The van der Waals surface area contributed by atoms with Gasteiger partial charge in [-0.15, -0.1) is 0 Å². The highest BCUT2D eigenvalue weighted by molar-refractivity contribution is 7.98. The maximum Gasteiger partial charge on any atom is 0.187 e. The first-order valence-corrected chi connectivity index (χ1v) is 6.28. The van der Waals surface area contributed by atoms with E-state index in [1.807, 2.05) is 6.26 Å². The van der Waals surface area contributed by atoms with Gasteiger partial charge < -0.3 is 15.5 Å². The van der Waals surface area contributed by atoms with Crippen molar-refractivity contribution in [2.24, 2.45) is 0 Å². The lowest BCUT2D eigenvalue weighted by Crippen LogP contribution is -2.23. The summed E-state index contributed by atoms with van der Waals surface area (Å²) >= 11 is 1.44. The molecule has 0 aliphatic heterocycles. The Labute approximate surface area is 99.3 Å². The lowest BCUT2D eigenvalue weighted by Gasteiger charge is -2.17. The van der Waals surface area contributed by atoms with Crippen molar-refractivity contribution in [3.05, 3.63) is 18.0 Å². The van der Waals surface area contributed by atoms with Crippen molar-refractivity contribution >= 4 is 11.8 Å². The van der Waals surface area contributed by atoms with Crippen LogP contribution in [0.5, 0.6) is 0 Å². The summed E-state index contributed by atoms with van der Waals surface area (Å²) in [7, 11) is 1.80. The van der Waals surface area contributed by atoms with Gasteiger partial charge in [-0.05, 0) is 26.3 Å². The van der Waals surface area contributed by atoms with Crippen molar-refractivity contribution < 1.29 is 10.2 Å². The van der Waals surface area contributed by atoms with Crippen molar-refractivity contribution in [2.45, 2.75) is 23.8 Å². The summed E-state index contributed by atoms with van der Waals surface area (Å²) in [5.74, 6) is 0. The molecule has 2 atom stereocenters. The summed E-state index contributed by atoms with van der Waals surface area (Å²) < 4.78 is 0. The Morgan fingerprint density at radius 1 is 1.38 bits per heavy atom. The van der Waals surface area contributed by atoms with Crippen molar-refractivity contribution in [1.82, 2.24) is 15.3 Å². The number of aliphatic hydroxyl groups excluding tert-OH is 2. The van der Waals surface area contributed by atoms with Crippen LogP contribution in [0.25, 0.3) is 0 Å². The molecule has 0 aliphatic rings. The zero-order chi connectivity index (χ0) is 12.0. The smallest absolute Gasteiger partial charge is 0.187 e. The fourth-order valence-electron chi connectivity index (χ4n) is 1.26. The lowest BCUT2D eigenvalue weighted by atomic mass is 10.1. The molecular formula is C10H17N3O2S. The second-order valence-electron chi connectivity index (χ2n) is 3.41. The van der Waals surface area contributed by atoms with E-state index in [0.717, 1.165) is 0 Å². The zero-order valence-electron chi connectivity index (χ0n) is 9.42. The molecule has 3 N–H and O–H groups in total. The number of aromatic nitrogens is 2. The molecule has 1 heterocycles. The highest BCUT2D eigenvalue weighted by Gasteiger charge is 2.18. The molecule has 0 saturated carbocycles. The molecule has 1 aromatic rings. The van der Waals surface area contributed by atoms with Gasteiger partial charge in [0.25, 0.3) is 0 Å². The summed E-state index contributed by atoms with van der Waals surface area (Å²) in [5, 5.41) is 23.1. The molecule has 0 aromatic carbocycles. The molecule has 1 aromatic heterocycles. The van der Waals surface area contributed by atoms with Crippen molar-refractivity contribution in [2.75, 3.05) is 19.8 Å². The molecule has 0 fully saturated rings. The van der Waals surface area contributed by atoms with E-state index in [1.54, 1.807) is 19.4 Å². The predicted molar refractivity (Wildman–Crippen MR) is 63.3 cm³/mol. The minimum Gasteiger partial charge on any atom is -0.390 e. The first-order chi connectivity index (χ1) is 7.69. The third kappa shape index (κ3) is 3.71. The lowest BCUT2D eigenvalue weighted by molar-refractivity contribution is 0.0135. The summed E-state index contributed by atoms with van der Waals surface area (Å²) in [6.07, 6.45) is 3.74. The fraction of sp³-hybridized carbons (Fsp3) is 0.600. The Bertz CT molecular complexity index is 307. The number of nitrogens with one attached hydrogen (secondary N) is 1. The molecule has 0 aliphatic carbocycles. The molecule has 16 heavy (non-hydrogen) atoms. The molecule has 6 heteroatoms. The predicted octanol–water partition coefficient (Wildman–Crippen LogP) is 0.202. The van der Waals surface area contributed by atoms with E-state index < -0.39 is 12.2 Å². The maximum atomic E-state index is 9.81. The SMILES string of the molecule is CNCCC(O)C(O)c1cnc(SC)nc1. The van der Waals surface area contributed by atoms with Crippen molar-refractivity contribution in [3.8, 4) is 0 Å². The molecule has 0 radical (unpaired) electrons. The molecule has 5 nitrogen and oxygen atoms in total. The van der Waals surface area contributed by atoms with E-state index in [4.69, 9.17) is 0 Å². The van der Waals surface area contributed by atoms with Gasteiger partial charge in [0.15, 0.2) is 5.16 Å². The van der Waals surface area contributed by atoms with Gasteiger partial charge in [0.05, 0.1) is 6.10 Å². The zero-order valence-corrected chi connectivity index (χ0v) is 10.2. The van der Waals surface area contributed by atoms with E-state index >= 15 is 0 Å². The average molecular weight is 243 g/mol. The van der Waals surface area contributed by atoms with Gasteiger partial charge >= 0.3 is 0 Å². The minimum atomic E-state index is -0.927. The van der Waals surface area contributed by atoms with Crippen LogP contribution in [0, 0.1) is 0 Å². The number of nitrogens with zero attached hydrogens (tertiary/aromatic N) is 2. The van der Waals surface area contributed by atoms with Gasteiger partial charge in [-0.25, -0.2) is 9.97 Å². The third-order valence-electron chi connectivity index (χ3n) is 2.23. The van der Waals surface area contributed by atoms with Crippen LogP contribution in [-0.2, 0) is 0 Å². The largest absolute Gasteiger partial charge is 0.390 e. The Hall–Kier alpha value is -0.690. The molecule has 0 saturated heterocycles. The van der Waals surface area contributed by atoms with Gasteiger partial charge in [0.1, 0.15) is 6.10 Å². The van der Waals surface area contributed by atoms with Gasteiger partial charge in [-0.3, -0.25) is 0 Å². The summed E-state index contributed by atoms with van der Waals surface area (Å²) in [4.78, 5) is 8.09. The van der Waals surface area contributed by atoms with Crippen LogP contribution in [0.1, 0.15) is 18.1 Å². The maximum absolute atomic E-state index is 9.81. The summed E-state index contributed by atoms with van der Waals surface area (Å²) in [5.41, 5.74) is 0.543. The fourth-order valence-corrected chi connectivity index (χ4v) is 1.57. The van der Waals surface area contributed by atoms with Crippen LogP contribution in [0.3, 0.4) is 0 Å². The first-order valence-electron chi connectivity index (χ1n) is 5.05. The first kappa shape index (κ1) is 13.4. The van der Waals surface area contributed by atoms with Crippen molar-refractivity contribution in [1.29, 1.82) is 0 Å². The van der Waals surface area contributed by atoms with Crippen LogP contribution >= 0.6 is 11.8 Å². The van der Waals surface area contributed by atoms with Gasteiger partial charge in [-0.2, -0.15) is 0 Å². The van der Waals surface area contributed by atoms with E-state index in [-0.39, 0.29) is 0 Å². The standard InChI is InChI=1S/C10H17N3O2S/c1-11-4-3-8(14)9(15)7-5-12-10(16-2)13-6-7/h5-6,8-9,11,14-15H,3-4H2,1-2H3. The molecule has 90 valence electrons. The molecule has 0 spiro atoms. The van der Waals surface area contributed by atoms with Gasteiger partial charge in [0.2, 0.25) is 0 Å². The van der Waals surface area contributed by atoms with E-state index in [9.17, 15) is 10.2 Å². The topological polar surface area (TPSA) is 78.3 Å². The third-order valence-corrected chi connectivity index (χ3v) is 2.80. The number of thioether (sulfide) groups is 1. The van der Waals surface area contributed by atoms with E-state index in [2.05, 4.69) is 15.3 Å². The van der Waals surface area contributed by atoms with E-state index in [0.29, 0.717) is 23.7 Å². The van der Waals surface area contributed by atoms with Gasteiger partial charge in [0, 0.05) is 18.0 Å². The molecule has 2 unspecified atom stereocenters. The molecule has 0 amide bonds. The molecule has 1 rings (SSSR count). The Balaban J connectivity index is 2.60. The monoisotopic (exact) mass is 243 g/mol. The number of aliphatic hydroxyl groups is 2. The second kappa shape index (κ2) is 6.80. The van der Waals surface area contributed by atoms with Crippen LogP contribution in [0.2, 0.25) is 0 Å². The molecular weight excluding hydrogens is 226 g/mol. The Morgan fingerprint density at radius 3 is 2.50 bits per heavy atom. The number of hydrogen-bond acceptors (Lipinski definition) is 6. The Kier molecular flexibility index (Phi) is 5.68. The summed E-state index contributed by atoms with van der Waals surface area (Å²) in [6.45, 7) is 0.655. The Morgan fingerprint density at radius 2 is 2.00 bits per heavy atom. The van der Waals surface area contributed by atoms with Crippen LogP contribution in [0.4, 0.5) is 0 Å². The van der Waals surface area contributed by atoms with Crippen LogP contribution in [-0.4, -0.2) is 46.1 Å². The quantitative estimate of drug-likeness (QED) is 0.489. The van der Waals surface area contributed by atoms with Crippen molar-refractivity contribution in [3.63, 3.8) is 0 Å². The van der Waals surface area contributed by atoms with Crippen LogP contribution in [0.15, 0.2) is 17.6 Å². The summed E-state index contributed by atoms with van der Waals surface area (Å²) in [6, 6.07) is 0. The molecule has 0 bridgehead atoms. The highest BCUT2D eigenvalue weighted by atomic mass is 32.2. The second-order valence-corrected chi connectivity index (χ2v) is 4.18.